The van der Waals surface area contributed by atoms with E-state index in [1.54, 1.807) is 0 Å². The smallest absolute Gasteiger partial charge is 0.241 e. The molecule has 0 aromatic carbocycles. The molecule has 6 nitrogen and oxygen atoms in total. The molecule has 1 aromatic rings. The first-order chi connectivity index (χ1) is 9.22. The summed E-state index contributed by atoms with van der Waals surface area (Å²) in [6.07, 6.45) is 3.74. The molecule has 0 radical (unpaired) electrons. The van der Waals surface area contributed by atoms with Crippen LogP contribution in [0.3, 0.4) is 0 Å². The van der Waals surface area contributed by atoms with Crippen molar-refractivity contribution in [1.82, 2.24) is 14.9 Å². The molecule has 0 bridgehead atoms. The second-order valence-corrected chi connectivity index (χ2v) is 4.67. The lowest BCUT2D eigenvalue weighted by Crippen LogP contribution is -2.33. The number of carbonyl (C=O) groups is 1. The molecule has 0 spiro atoms. The van der Waals surface area contributed by atoms with Crippen LogP contribution >= 0.6 is 0 Å². The van der Waals surface area contributed by atoms with Crippen molar-refractivity contribution in [2.75, 3.05) is 36.8 Å². The second kappa shape index (κ2) is 6.36. The lowest BCUT2D eigenvalue weighted by Gasteiger charge is -2.16. The van der Waals surface area contributed by atoms with Crippen molar-refractivity contribution in [1.29, 1.82) is 0 Å². The monoisotopic (exact) mass is 263 g/mol. The van der Waals surface area contributed by atoms with Gasteiger partial charge >= 0.3 is 0 Å². The summed E-state index contributed by atoms with van der Waals surface area (Å²) in [4.78, 5) is 22.2. The first-order valence-electron chi connectivity index (χ1n) is 6.79. The molecule has 1 aliphatic heterocycles. The van der Waals surface area contributed by atoms with E-state index in [9.17, 15) is 4.79 Å². The third-order valence-corrected chi connectivity index (χ3v) is 3.29. The van der Waals surface area contributed by atoms with Crippen LogP contribution < -0.4 is 10.6 Å². The highest BCUT2D eigenvalue weighted by Crippen LogP contribution is 2.17. The predicted octanol–water partition coefficient (Wildman–Crippen LogP) is 1.25. The van der Waals surface area contributed by atoms with Gasteiger partial charge in [0, 0.05) is 25.2 Å². The molecule has 19 heavy (non-hydrogen) atoms. The Morgan fingerprint density at radius 1 is 1.26 bits per heavy atom. The van der Waals surface area contributed by atoms with Gasteiger partial charge in [-0.25, -0.2) is 9.97 Å². The average molecular weight is 263 g/mol. The number of carbonyl (C=O) groups excluding carboxylic acids is 1. The molecule has 2 N–H and O–H groups in total. The van der Waals surface area contributed by atoms with Crippen molar-refractivity contribution >= 4 is 17.5 Å². The Hall–Kier alpha value is -1.85. The zero-order valence-corrected chi connectivity index (χ0v) is 11.6. The van der Waals surface area contributed by atoms with Crippen LogP contribution in [-0.4, -0.2) is 47.0 Å². The zero-order chi connectivity index (χ0) is 13.7. The molecular weight excluding hydrogens is 242 g/mol. The molecule has 0 atom stereocenters. The van der Waals surface area contributed by atoms with Gasteiger partial charge in [0.1, 0.15) is 18.0 Å². The highest BCUT2D eigenvalue weighted by molar-refractivity contribution is 5.81. The summed E-state index contributed by atoms with van der Waals surface area (Å²) in [5.41, 5.74) is 0.943. The van der Waals surface area contributed by atoms with Crippen molar-refractivity contribution in [3.63, 3.8) is 0 Å². The van der Waals surface area contributed by atoms with Crippen LogP contribution in [0.2, 0.25) is 0 Å². The van der Waals surface area contributed by atoms with E-state index in [0.717, 1.165) is 49.7 Å². The Morgan fingerprint density at radius 2 is 1.89 bits per heavy atom. The lowest BCUT2D eigenvalue weighted by molar-refractivity contribution is -0.128. The van der Waals surface area contributed by atoms with E-state index in [2.05, 4.69) is 20.6 Å². The van der Waals surface area contributed by atoms with Crippen LogP contribution in [-0.2, 0) is 4.79 Å². The summed E-state index contributed by atoms with van der Waals surface area (Å²) in [6, 6.07) is 0. The number of hydrogen-bond acceptors (Lipinski definition) is 5. The molecule has 2 heterocycles. The standard InChI is InChI=1S/C13H21N5O/c1-3-14-12-10(2)13(17-9-16-12)15-8-11(19)18-6-4-5-7-18/h9H,3-8H2,1-2H3,(H2,14,15,16,17). The number of nitrogens with zero attached hydrogens (tertiary/aromatic N) is 3. The Balaban J connectivity index is 1.95. The maximum atomic E-state index is 11.9. The first kappa shape index (κ1) is 13.6. The van der Waals surface area contributed by atoms with Crippen molar-refractivity contribution in [2.45, 2.75) is 26.7 Å². The van der Waals surface area contributed by atoms with Gasteiger partial charge in [0.15, 0.2) is 0 Å². The topological polar surface area (TPSA) is 70.1 Å². The maximum absolute atomic E-state index is 11.9. The highest BCUT2D eigenvalue weighted by atomic mass is 16.2. The Labute approximate surface area is 113 Å². The molecule has 0 aliphatic carbocycles. The third-order valence-electron chi connectivity index (χ3n) is 3.29. The summed E-state index contributed by atoms with van der Waals surface area (Å²) in [5.74, 6) is 1.67. The molecule has 104 valence electrons. The van der Waals surface area contributed by atoms with Gasteiger partial charge in [-0.15, -0.1) is 0 Å². The van der Waals surface area contributed by atoms with E-state index < -0.39 is 0 Å². The molecule has 0 unspecified atom stereocenters. The zero-order valence-electron chi connectivity index (χ0n) is 11.6. The van der Waals surface area contributed by atoms with Gasteiger partial charge in [-0.2, -0.15) is 0 Å². The SMILES string of the molecule is CCNc1ncnc(NCC(=O)N2CCCC2)c1C. The van der Waals surface area contributed by atoms with E-state index >= 15 is 0 Å². The number of aromatic nitrogens is 2. The van der Waals surface area contributed by atoms with Gasteiger partial charge < -0.3 is 15.5 Å². The lowest BCUT2D eigenvalue weighted by atomic mass is 10.3. The van der Waals surface area contributed by atoms with Gasteiger partial charge in [-0.05, 0) is 26.7 Å². The van der Waals surface area contributed by atoms with E-state index in [1.807, 2.05) is 18.7 Å². The van der Waals surface area contributed by atoms with E-state index in [1.165, 1.54) is 6.33 Å². The fourth-order valence-electron chi connectivity index (χ4n) is 2.21. The van der Waals surface area contributed by atoms with Crippen molar-refractivity contribution < 1.29 is 4.79 Å². The molecular formula is C13H21N5O. The van der Waals surface area contributed by atoms with Crippen molar-refractivity contribution in [3.8, 4) is 0 Å². The Kier molecular flexibility index (Phi) is 4.54. The number of anilines is 2. The van der Waals surface area contributed by atoms with Gasteiger partial charge in [-0.1, -0.05) is 0 Å². The minimum absolute atomic E-state index is 0.139. The molecule has 1 saturated heterocycles. The van der Waals surface area contributed by atoms with Crippen LogP contribution in [0.1, 0.15) is 25.3 Å². The predicted molar refractivity (Wildman–Crippen MR) is 75.2 cm³/mol. The van der Waals surface area contributed by atoms with Crippen LogP contribution in [0.4, 0.5) is 11.6 Å². The molecule has 2 rings (SSSR count). The minimum Gasteiger partial charge on any atom is -0.370 e. The third kappa shape index (κ3) is 3.33. The summed E-state index contributed by atoms with van der Waals surface area (Å²) < 4.78 is 0. The number of rotatable bonds is 5. The molecule has 1 aromatic heterocycles. The van der Waals surface area contributed by atoms with Crippen LogP contribution in [0, 0.1) is 6.92 Å². The summed E-state index contributed by atoms with van der Waals surface area (Å²) in [7, 11) is 0. The summed E-state index contributed by atoms with van der Waals surface area (Å²) in [6.45, 7) is 6.83. The van der Waals surface area contributed by atoms with Gasteiger partial charge in [-0.3, -0.25) is 4.79 Å². The Bertz CT molecular complexity index is 443. The van der Waals surface area contributed by atoms with E-state index in [4.69, 9.17) is 0 Å². The molecule has 1 aliphatic rings. The average Bonchev–Trinajstić information content (AvgIpc) is 2.94. The van der Waals surface area contributed by atoms with Gasteiger partial charge in [0.05, 0.1) is 6.54 Å². The maximum Gasteiger partial charge on any atom is 0.241 e. The normalized spacial score (nSPS) is 14.5. The van der Waals surface area contributed by atoms with Crippen LogP contribution in [0.5, 0.6) is 0 Å². The summed E-state index contributed by atoms with van der Waals surface area (Å²) in [5, 5.41) is 6.28. The number of hydrogen-bond donors (Lipinski definition) is 2. The molecule has 6 heteroatoms. The Morgan fingerprint density at radius 3 is 2.53 bits per heavy atom. The van der Waals surface area contributed by atoms with Crippen LogP contribution in [0.25, 0.3) is 0 Å². The molecule has 1 fully saturated rings. The fraction of sp³-hybridized carbons (Fsp3) is 0.615. The number of likely N-dealkylation sites (tertiary alicyclic amines) is 1. The minimum atomic E-state index is 0.139. The first-order valence-corrected chi connectivity index (χ1v) is 6.79. The second-order valence-electron chi connectivity index (χ2n) is 4.67. The number of amides is 1. The number of nitrogens with one attached hydrogen (secondary N) is 2. The highest BCUT2D eigenvalue weighted by Gasteiger charge is 2.17. The molecule has 1 amide bonds. The van der Waals surface area contributed by atoms with Crippen LogP contribution in [0.15, 0.2) is 6.33 Å². The van der Waals surface area contributed by atoms with E-state index in [0.29, 0.717) is 6.54 Å². The fourth-order valence-corrected chi connectivity index (χ4v) is 2.21. The summed E-state index contributed by atoms with van der Waals surface area (Å²) >= 11 is 0. The van der Waals surface area contributed by atoms with Crippen molar-refractivity contribution in [3.05, 3.63) is 11.9 Å². The van der Waals surface area contributed by atoms with Gasteiger partial charge in [0.2, 0.25) is 5.91 Å². The van der Waals surface area contributed by atoms with Crippen molar-refractivity contribution in [2.24, 2.45) is 0 Å². The quantitative estimate of drug-likeness (QED) is 0.836. The van der Waals surface area contributed by atoms with Gasteiger partial charge in [0.25, 0.3) is 0 Å². The molecule has 0 saturated carbocycles. The van der Waals surface area contributed by atoms with E-state index in [-0.39, 0.29) is 5.91 Å². The largest absolute Gasteiger partial charge is 0.370 e.